The van der Waals surface area contributed by atoms with Gasteiger partial charge in [0.1, 0.15) is 5.75 Å². The van der Waals surface area contributed by atoms with Crippen molar-refractivity contribution < 1.29 is 22.7 Å². The minimum Gasteiger partial charge on any atom is -0.437 e. The van der Waals surface area contributed by atoms with E-state index in [9.17, 15) is 18.0 Å². The molecule has 2 rings (SSSR count). The Morgan fingerprint density at radius 1 is 1.27 bits per heavy atom. The number of alkyl halides is 3. The lowest BCUT2D eigenvalue weighted by Gasteiger charge is -2.10. The minimum atomic E-state index is -4.47. The minimum absolute atomic E-state index is 0.00348. The van der Waals surface area contributed by atoms with Gasteiger partial charge in [0.25, 0.3) is 0 Å². The van der Waals surface area contributed by atoms with Crippen LogP contribution in [0.25, 0.3) is 0 Å². The zero-order valence-electron chi connectivity index (χ0n) is 14.8. The van der Waals surface area contributed by atoms with E-state index in [1.807, 2.05) is 0 Å². The van der Waals surface area contributed by atoms with E-state index in [1.54, 1.807) is 6.92 Å². The lowest BCUT2D eigenvalue weighted by Crippen LogP contribution is -2.22. The van der Waals surface area contributed by atoms with Gasteiger partial charge in [-0.25, -0.2) is 4.79 Å². The number of rotatable bonds is 7. The maximum Gasteiger partial charge on any atom is 0.416 e. The first-order chi connectivity index (χ1) is 12.2. The van der Waals surface area contributed by atoms with Gasteiger partial charge in [0.05, 0.1) is 11.3 Å². The summed E-state index contributed by atoms with van der Waals surface area (Å²) in [4.78, 5) is 11.5. The van der Waals surface area contributed by atoms with Crippen LogP contribution in [0.15, 0.2) is 24.3 Å². The van der Waals surface area contributed by atoms with Gasteiger partial charge < -0.3 is 10.5 Å². The summed E-state index contributed by atoms with van der Waals surface area (Å²) < 4.78 is 45.2. The third kappa shape index (κ3) is 4.77. The number of nitrogens with zero attached hydrogens (tertiary/aromatic N) is 2. The van der Waals surface area contributed by atoms with Gasteiger partial charge in [-0.05, 0) is 38.0 Å². The van der Waals surface area contributed by atoms with Crippen LogP contribution in [0.5, 0.6) is 11.6 Å². The Balaban J connectivity index is 2.30. The molecule has 0 spiro atoms. The van der Waals surface area contributed by atoms with Gasteiger partial charge in [-0.3, -0.25) is 0 Å². The highest BCUT2D eigenvalue weighted by Crippen LogP contribution is 2.34. The summed E-state index contributed by atoms with van der Waals surface area (Å²) in [5.74, 6) is 0.112. The van der Waals surface area contributed by atoms with E-state index in [-0.39, 0.29) is 11.6 Å². The van der Waals surface area contributed by atoms with Gasteiger partial charge in [0.15, 0.2) is 0 Å². The van der Waals surface area contributed by atoms with E-state index in [4.69, 9.17) is 10.5 Å². The molecule has 0 atom stereocenters. The third-order valence-corrected chi connectivity index (χ3v) is 4.07. The molecule has 0 radical (unpaired) electrons. The van der Waals surface area contributed by atoms with Crippen molar-refractivity contribution in [2.24, 2.45) is 5.73 Å². The molecular weight excluding hydrogens is 347 g/mol. The summed E-state index contributed by atoms with van der Waals surface area (Å²) >= 11 is 0. The third-order valence-electron chi connectivity index (χ3n) is 4.07. The summed E-state index contributed by atoms with van der Waals surface area (Å²) in [7, 11) is 0. The number of carbonyl (C=O) groups excluding carboxylic acids is 1. The average molecular weight is 369 g/mol. The number of unbranched alkanes of at least 4 members (excludes halogenated alkanes) is 3. The number of ether oxygens (including phenoxy) is 1. The number of amides is 1. The topological polar surface area (TPSA) is 70.1 Å². The number of primary amides is 1. The average Bonchev–Trinajstić information content (AvgIpc) is 2.87. The fourth-order valence-electron chi connectivity index (χ4n) is 2.67. The molecule has 1 amide bonds. The van der Waals surface area contributed by atoms with Crippen molar-refractivity contribution in [3.63, 3.8) is 0 Å². The maximum atomic E-state index is 12.9. The molecule has 0 saturated carbocycles. The second-order valence-corrected chi connectivity index (χ2v) is 6.06. The molecule has 0 saturated heterocycles. The Hall–Kier alpha value is -2.51. The van der Waals surface area contributed by atoms with E-state index in [0.717, 1.165) is 42.5 Å². The molecule has 5 nitrogen and oxygen atoms in total. The van der Waals surface area contributed by atoms with Crippen LogP contribution in [0.2, 0.25) is 0 Å². The molecule has 0 bridgehead atoms. The summed E-state index contributed by atoms with van der Waals surface area (Å²) in [5, 5.41) is 4.03. The molecule has 0 aliphatic heterocycles. The van der Waals surface area contributed by atoms with Gasteiger partial charge in [-0.15, -0.1) is 5.10 Å². The molecule has 0 aliphatic carbocycles. The molecule has 1 aromatic heterocycles. The summed E-state index contributed by atoms with van der Waals surface area (Å²) in [5.41, 5.74) is 5.71. The molecule has 0 fully saturated rings. The van der Waals surface area contributed by atoms with Gasteiger partial charge in [-0.1, -0.05) is 32.3 Å². The van der Waals surface area contributed by atoms with Crippen LogP contribution >= 0.6 is 0 Å². The summed E-state index contributed by atoms with van der Waals surface area (Å²) in [6, 6.07) is 3.77. The summed E-state index contributed by atoms with van der Waals surface area (Å²) in [6.07, 6.45) is 0.150. The van der Waals surface area contributed by atoms with Crippen LogP contribution in [0.3, 0.4) is 0 Å². The Morgan fingerprint density at radius 3 is 2.62 bits per heavy atom. The number of halogens is 3. The molecule has 0 aliphatic rings. The van der Waals surface area contributed by atoms with Crippen LogP contribution in [-0.4, -0.2) is 15.8 Å². The molecule has 142 valence electrons. The van der Waals surface area contributed by atoms with Crippen LogP contribution in [0.4, 0.5) is 18.0 Å². The summed E-state index contributed by atoms with van der Waals surface area (Å²) in [6.45, 7) is 3.78. The molecular formula is C18H22F3N3O2. The van der Waals surface area contributed by atoms with Crippen LogP contribution < -0.4 is 10.5 Å². The monoisotopic (exact) mass is 369 g/mol. The Kier molecular flexibility index (Phi) is 6.28. The Bertz CT molecular complexity index is 770. The zero-order valence-corrected chi connectivity index (χ0v) is 14.8. The van der Waals surface area contributed by atoms with Crippen molar-refractivity contribution in [2.75, 3.05) is 0 Å². The molecule has 2 N–H and O–H groups in total. The standard InChI is InChI=1S/C18H22F3N3O2/c1-3-4-5-6-10-15-12(2)24(17(22)25)23-16(15)26-14-9-7-8-13(11-14)18(19,20)21/h7-9,11H,3-6,10H2,1-2H3,(H2,22,25). The second kappa shape index (κ2) is 8.25. The largest absolute Gasteiger partial charge is 0.437 e. The number of aromatic nitrogens is 2. The van der Waals surface area contributed by atoms with E-state index < -0.39 is 17.8 Å². The smallest absolute Gasteiger partial charge is 0.416 e. The predicted molar refractivity (Wildman–Crippen MR) is 91.3 cm³/mol. The molecule has 0 unspecified atom stereocenters. The predicted octanol–water partition coefficient (Wildman–Crippen LogP) is 5.05. The first-order valence-electron chi connectivity index (χ1n) is 8.47. The fourth-order valence-corrected chi connectivity index (χ4v) is 2.67. The van der Waals surface area contributed by atoms with Gasteiger partial charge in [-0.2, -0.15) is 17.9 Å². The van der Waals surface area contributed by atoms with Crippen molar-refractivity contribution in [1.29, 1.82) is 0 Å². The second-order valence-electron chi connectivity index (χ2n) is 6.06. The highest BCUT2D eigenvalue weighted by atomic mass is 19.4. The van der Waals surface area contributed by atoms with E-state index >= 15 is 0 Å². The highest BCUT2D eigenvalue weighted by molar-refractivity contribution is 5.75. The Labute approximate surface area is 149 Å². The molecule has 8 heteroatoms. The molecule has 2 aromatic rings. The molecule has 26 heavy (non-hydrogen) atoms. The number of hydrogen-bond donors (Lipinski definition) is 1. The highest BCUT2D eigenvalue weighted by Gasteiger charge is 2.31. The van der Waals surface area contributed by atoms with Gasteiger partial charge >= 0.3 is 12.2 Å². The molecule has 1 heterocycles. The van der Waals surface area contributed by atoms with E-state index in [0.29, 0.717) is 17.7 Å². The van der Waals surface area contributed by atoms with Crippen LogP contribution in [-0.2, 0) is 12.6 Å². The first kappa shape index (κ1) is 19.8. The van der Waals surface area contributed by atoms with Crippen molar-refractivity contribution >= 4 is 6.03 Å². The van der Waals surface area contributed by atoms with E-state index in [2.05, 4.69) is 12.0 Å². The quantitative estimate of drug-likeness (QED) is 0.694. The van der Waals surface area contributed by atoms with Gasteiger partial charge in [0, 0.05) is 5.56 Å². The lowest BCUT2D eigenvalue weighted by atomic mass is 10.1. The van der Waals surface area contributed by atoms with Gasteiger partial charge in [0.2, 0.25) is 5.88 Å². The van der Waals surface area contributed by atoms with Crippen LogP contribution in [0.1, 0.15) is 49.4 Å². The molecule has 1 aromatic carbocycles. The number of benzene rings is 1. The van der Waals surface area contributed by atoms with E-state index in [1.165, 1.54) is 12.1 Å². The number of carbonyl (C=O) groups is 1. The maximum absolute atomic E-state index is 12.9. The SMILES string of the molecule is CCCCCCc1c(Oc2cccc(C(F)(F)F)c2)nn(C(N)=O)c1C. The lowest BCUT2D eigenvalue weighted by molar-refractivity contribution is -0.137. The van der Waals surface area contributed by atoms with Crippen molar-refractivity contribution in [1.82, 2.24) is 9.78 Å². The first-order valence-corrected chi connectivity index (χ1v) is 8.47. The number of nitrogens with two attached hydrogens (primary N) is 1. The normalized spacial score (nSPS) is 11.6. The Morgan fingerprint density at radius 2 is 2.00 bits per heavy atom. The zero-order chi connectivity index (χ0) is 19.3. The number of hydrogen-bond acceptors (Lipinski definition) is 3. The van der Waals surface area contributed by atoms with Crippen LogP contribution in [0, 0.1) is 6.92 Å². The van der Waals surface area contributed by atoms with Crippen molar-refractivity contribution in [3.05, 3.63) is 41.1 Å². The fraction of sp³-hybridized carbons (Fsp3) is 0.444. The van der Waals surface area contributed by atoms with Crippen molar-refractivity contribution in [2.45, 2.75) is 52.1 Å². The van der Waals surface area contributed by atoms with Crippen molar-refractivity contribution in [3.8, 4) is 11.6 Å².